The summed E-state index contributed by atoms with van der Waals surface area (Å²) in [6.07, 6.45) is 1.06. The lowest BCUT2D eigenvalue weighted by molar-refractivity contribution is -0.119. The molecule has 2 aromatic rings. The highest BCUT2D eigenvalue weighted by molar-refractivity contribution is 6.33. The van der Waals surface area contributed by atoms with E-state index in [1.807, 2.05) is 10.1 Å². The number of amides is 1. The molecule has 0 saturated heterocycles. The van der Waals surface area contributed by atoms with E-state index in [-0.39, 0.29) is 22.9 Å². The molecule has 23 heavy (non-hydrogen) atoms. The van der Waals surface area contributed by atoms with Gasteiger partial charge in [-0.25, -0.2) is 19.7 Å². The predicted octanol–water partition coefficient (Wildman–Crippen LogP) is -0.187. The standard InChI is InChI=1S/C12H10ClFN6O3/c13-7-2-1-3-8(14)6(7)4-16-18-9(21)5-15-10-11(22)17-12(23)20-19-10/h1-4H,5H2,(H,15,19)(H,18,21)(H2,17,20,22,23). The van der Waals surface area contributed by atoms with Gasteiger partial charge in [0.15, 0.2) is 0 Å². The molecule has 0 atom stereocenters. The third-order valence-electron chi connectivity index (χ3n) is 2.51. The third kappa shape index (κ3) is 4.48. The van der Waals surface area contributed by atoms with Crippen molar-refractivity contribution < 1.29 is 9.18 Å². The Morgan fingerprint density at radius 2 is 2.22 bits per heavy atom. The first-order chi connectivity index (χ1) is 11.0. The molecule has 0 spiro atoms. The van der Waals surface area contributed by atoms with Crippen molar-refractivity contribution in [2.75, 3.05) is 11.9 Å². The fraction of sp³-hybridized carbons (Fsp3) is 0.0833. The van der Waals surface area contributed by atoms with Crippen molar-refractivity contribution in [1.82, 2.24) is 20.6 Å². The van der Waals surface area contributed by atoms with Crippen LogP contribution in [-0.2, 0) is 4.79 Å². The molecule has 1 heterocycles. The molecule has 0 saturated carbocycles. The molecule has 1 aromatic carbocycles. The van der Waals surface area contributed by atoms with Crippen LogP contribution in [0.4, 0.5) is 10.2 Å². The van der Waals surface area contributed by atoms with Crippen LogP contribution >= 0.6 is 11.6 Å². The van der Waals surface area contributed by atoms with Gasteiger partial charge in [0.05, 0.1) is 17.8 Å². The van der Waals surface area contributed by atoms with Gasteiger partial charge in [-0.2, -0.15) is 5.10 Å². The zero-order valence-electron chi connectivity index (χ0n) is 11.4. The summed E-state index contributed by atoms with van der Waals surface area (Å²) in [6.45, 7) is -0.343. The largest absolute Gasteiger partial charge is 0.355 e. The smallest absolute Gasteiger partial charge is 0.342 e. The van der Waals surface area contributed by atoms with Gasteiger partial charge in [-0.05, 0) is 12.1 Å². The van der Waals surface area contributed by atoms with Gasteiger partial charge in [0, 0.05) is 5.56 Å². The summed E-state index contributed by atoms with van der Waals surface area (Å²) in [5, 5.41) is 11.5. The summed E-state index contributed by atoms with van der Waals surface area (Å²) in [5.41, 5.74) is 0.604. The topological polar surface area (TPSA) is 132 Å². The number of carbonyl (C=O) groups is 1. The summed E-state index contributed by atoms with van der Waals surface area (Å²) in [7, 11) is 0. The highest BCUT2D eigenvalue weighted by Crippen LogP contribution is 2.16. The van der Waals surface area contributed by atoms with E-state index in [0.29, 0.717) is 0 Å². The molecule has 1 aromatic heterocycles. The van der Waals surface area contributed by atoms with Crippen LogP contribution in [0, 0.1) is 5.82 Å². The molecule has 0 radical (unpaired) electrons. The second kappa shape index (κ2) is 7.31. The zero-order valence-corrected chi connectivity index (χ0v) is 12.1. The molecule has 0 unspecified atom stereocenters. The van der Waals surface area contributed by atoms with Gasteiger partial charge in [-0.1, -0.05) is 17.7 Å². The first-order valence-electron chi connectivity index (χ1n) is 6.16. The molecular weight excluding hydrogens is 331 g/mol. The maximum absolute atomic E-state index is 13.4. The number of aromatic nitrogens is 3. The molecule has 0 fully saturated rings. The average molecular weight is 341 g/mol. The number of aromatic amines is 2. The normalized spacial score (nSPS) is 10.7. The van der Waals surface area contributed by atoms with E-state index in [9.17, 15) is 18.8 Å². The molecule has 11 heteroatoms. The monoisotopic (exact) mass is 340 g/mol. The van der Waals surface area contributed by atoms with E-state index in [4.69, 9.17) is 11.6 Å². The fourth-order valence-electron chi connectivity index (χ4n) is 1.47. The van der Waals surface area contributed by atoms with Crippen molar-refractivity contribution in [3.05, 3.63) is 55.4 Å². The maximum Gasteiger partial charge on any atom is 0.342 e. The number of carbonyl (C=O) groups excluding carboxylic acids is 1. The Kier molecular flexibility index (Phi) is 5.20. The summed E-state index contributed by atoms with van der Waals surface area (Å²) < 4.78 is 13.4. The van der Waals surface area contributed by atoms with Crippen LogP contribution in [0.25, 0.3) is 0 Å². The van der Waals surface area contributed by atoms with Crippen LogP contribution in [0.3, 0.4) is 0 Å². The van der Waals surface area contributed by atoms with Crippen molar-refractivity contribution in [3.8, 4) is 0 Å². The van der Waals surface area contributed by atoms with Crippen LogP contribution in [0.2, 0.25) is 5.02 Å². The molecule has 0 aliphatic rings. The van der Waals surface area contributed by atoms with Crippen molar-refractivity contribution in [1.29, 1.82) is 0 Å². The minimum absolute atomic E-state index is 0.0289. The highest BCUT2D eigenvalue weighted by Gasteiger charge is 2.06. The summed E-state index contributed by atoms with van der Waals surface area (Å²) in [4.78, 5) is 35.5. The molecule has 120 valence electrons. The Bertz CT molecular complexity index is 842. The van der Waals surface area contributed by atoms with E-state index >= 15 is 0 Å². The van der Waals surface area contributed by atoms with E-state index in [2.05, 4.69) is 20.9 Å². The minimum Gasteiger partial charge on any atom is -0.355 e. The number of rotatable bonds is 5. The molecule has 9 nitrogen and oxygen atoms in total. The fourth-order valence-corrected chi connectivity index (χ4v) is 1.69. The lowest BCUT2D eigenvalue weighted by Crippen LogP contribution is -2.31. The Hall–Kier alpha value is -3.01. The number of benzene rings is 1. The Balaban J connectivity index is 1.91. The van der Waals surface area contributed by atoms with Gasteiger partial charge in [0.1, 0.15) is 5.82 Å². The number of nitrogens with zero attached hydrogens (tertiary/aromatic N) is 2. The number of hydrogen-bond acceptors (Lipinski definition) is 6. The Labute approximate surface area is 132 Å². The van der Waals surface area contributed by atoms with E-state index < -0.39 is 23.0 Å². The zero-order chi connectivity index (χ0) is 16.8. The van der Waals surface area contributed by atoms with E-state index in [0.717, 1.165) is 6.21 Å². The molecule has 4 N–H and O–H groups in total. The summed E-state index contributed by atoms with van der Waals surface area (Å²) >= 11 is 5.78. The molecule has 2 rings (SSSR count). The summed E-state index contributed by atoms with van der Waals surface area (Å²) in [5.74, 6) is -1.44. The number of halogens is 2. The second-order valence-electron chi connectivity index (χ2n) is 4.14. The number of H-pyrrole nitrogens is 2. The van der Waals surface area contributed by atoms with Gasteiger partial charge in [0.25, 0.3) is 11.5 Å². The second-order valence-corrected chi connectivity index (χ2v) is 4.54. The Morgan fingerprint density at radius 3 is 2.91 bits per heavy atom. The Morgan fingerprint density at radius 1 is 1.43 bits per heavy atom. The predicted molar refractivity (Wildman–Crippen MR) is 81.1 cm³/mol. The number of hydrogen-bond donors (Lipinski definition) is 4. The van der Waals surface area contributed by atoms with Crippen LogP contribution < -0.4 is 22.0 Å². The molecule has 0 aliphatic carbocycles. The summed E-state index contributed by atoms with van der Waals surface area (Å²) in [6, 6.07) is 4.11. The van der Waals surface area contributed by atoms with Crippen LogP contribution in [0.5, 0.6) is 0 Å². The maximum atomic E-state index is 13.4. The number of anilines is 1. The molecule has 1 amide bonds. The van der Waals surface area contributed by atoms with Gasteiger partial charge in [-0.3, -0.25) is 14.6 Å². The quantitative estimate of drug-likeness (QED) is 0.442. The molecule has 0 aliphatic heterocycles. The van der Waals surface area contributed by atoms with Crippen LogP contribution in [-0.4, -0.2) is 33.8 Å². The van der Waals surface area contributed by atoms with Crippen LogP contribution in [0.1, 0.15) is 5.56 Å². The lowest BCUT2D eigenvalue weighted by atomic mass is 10.2. The van der Waals surface area contributed by atoms with Crippen molar-refractivity contribution in [3.63, 3.8) is 0 Å². The van der Waals surface area contributed by atoms with Gasteiger partial charge in [-0.15, -0.1) is 5.10 Å². The van der Waals surface area contributed by atoms with Gasteiger partial charge < -0.3 is 5.32 Å². The van der Waals surface area contributed by atoms with Crippen molar-refractivity contribution in [2.24, 2.45) is 5.10 Å². The van der Waals surface area contributed by atoms with Crippen molar-refractivity contribution >= 4 is 29.5 Å². The molecular formula is C12H10ClFN6O3. The number of hydrazone groups is 1. The van der Waals surface area contributed by atoms with E-state index in [1.54, 1.807) is 0 Å². The highest BCUT2D eigenvalue weighted by atomic mass is 35.5. The number of nitrogens with one attached hydrogen (secondary N) is 4. The van der Waals surface area contributed by atoms with E-state index in [1.165, 1.54) is 18.2 Å². The SMILES string of the molecule is O=C(CNc1n[nH]c(=O)[nH]c1=O)NN=Cc1c(F)cccc1Cl. The van der Waals surface area contributed by atoms with Gasteiger partial charge in [0.2, 0.25) is 5.82 Å². The van der Waals surface area contributed by atoms with Crippen molar-refractivity contribution in [2.45, 2.75) is 0 Å². The third-order valence-corrected chi connectivity index (χ3v) is 2.84. The van der Waals surface area contributed by atoms with Crippen LogP contribution in [0.15, 0.2) is 32.9 Å². The average Bonchev–Trinajstić information content (AvgIpc) is 2.49. The minimum atomic E-state index is -0.775. The first kappa shape index (κ1) is 16.4. The first-order valence-corrected chi connectivity index (χ1v) is 6.54. The molecule has 0 bridgehead atoms. The lowest BCUT2D eigenvalue weighted by Gasteiger charge is -2.03. The van der Waals surface area contributed by atoms with Gasteiger partial charge >= 0.3 is 5.69 Å².